The van der Waals surface area contributed by atoms with Gasteiger partial charge in [0, 0.05) is 12.7 Å². The van der Waals surface area contributed by atoms with Crippen LogP contribution < -0.4 is 10.0 Å². The van der Waals surface area contributed by atoms with Gasteiger partial charge in [0.1, 0.15) is 6.54 Å². The molecule has 0 aliphatic rings. The van der Waals surface area contributed by atoms with Gasteiger partial charge in [-0.25, -0.2) is 0 Å². The largest absolute Gasteiger partial charge is 0.871 e. The SMILES string of the molecule is C=C(C)C[NH+](CC)Cc1cc(I)cc(I)c1[O-]. The topological polar surface area (TPSA) is 27.5 Å². The van der Waals surface area contributed by atoms with Gasteiger partial charge < -0.3 is 10.0 Å². The second-order valence-electron chi connectivity index (χ2n) is 4.29. The van der Waals surface area contributed by atoms with Crippen LogP contribution >= 0.6 is 45.2 Å². The summed E-state index contributed by atoms with van der Waals surface area (Å²) in [5.74, 6) is 0.179. The number of nitrogens with one attached hydrogen (secondary N) is 1. The molecule has 1 aromatic rings. The van der Waals surface area contributed by atoms with Crippen molar-refractivity contribution in [3.05, 3.63) is 37.0 Å². The van der Waals surface area contributed by atoms with Gasteiger partial charge in [-0.3, -0.25) is 0 Å². The van der Waals surface area contributed by atoms with Crippen molar-refractivity contribution >= 4 is 45.2 Å². The Balaban J connectivity index is 2.89. The molecule has 1 rings (SSSR count). The lowest BCUT2D eigenvalue weighted by molar-refractivity contribution is -0.907. The maximum atomic E-state index is 12.0. The van der Waals surface area contributed by atoms with Crippen LogP contribution in [0.2, 0.25) is 0 Å². The summed E-state index contributed by atoms with van der Waals surface area (Å²) in [6, 6.07) is 3.93. The highest BCUT2D eigenvalue weighted by Gasteiger charge is 2.09. The van der Waals surface area contributed by atoms with E-state index >= 15 is 0 Å². The van der Waals surface area contributed by atoms with Crippen molar-refractivity contribution in [3.63, 3.8) is 0 Å². The average molecular weight is 457 g/mol. The van der Waals surface area contributed by atoms with Crippen molar-refractivity contribution in [1.29, 1.82) is 0 Å². The van der Waals surface area contributed by atoms with Gasteiger partial charge >= 0.3 is 0 Å². The fourth-order valence-electron chi connectivity index (χ4n) is 1.75. The molecule has 0 saturated heterocycles. The van der Waals surface area contributed by atoms with Gasteiger partial charge in [0.25, 0.3) is 0 Å². The van der Waals surface area contributed by atoms with Crippen molar-refractivity contribution in [2.75, 3.05) is 13.1 Å². The van der Waals surface area contributed by atoms with Gasteiger partial charge in [0.15, 0.2) is 0 Å². The summed E-state index contributed by atoms with van der Waals surface area (Å²) >= 11 is 4.38. The summed E-state index contributed by atoms with van der Waals surface area (Å²) in [7, 11) is 0. The number of halogens is 2. The minimum absolute atomic E-state index is 0.179. The van der Waals surface area contributed by atoms with Crippen LogP contribution in [0, 0.1) is 7.14 Å². The van der Waals surface area contributed by atoms with Gasteiger partial charge in [-0.15, -0.1) is 0 Å². The first-order valence-corrected chi connectivity index (χ1v) is 7.72. The summed E-state index contributed by atoms with van der Waals surface area (Å²) in [6.45, 7) is 10.8. The third-order valence-electron chi connectivity index (χ3n) is 2.58. The van der Waals surface area contributed by atoms with Crippen LogP contribution in [0.15, 0.2) is 24.3 Å². The molecule has 94 valence electrons. The van der Waals surface area contributed by atoms with E-state index in [1.807, 2.05) is 19.1 Å². The van der Waals surface area contributed by atoms with Crippen molar-refractivity contribution in [3.8, 4) is 5.75 Å². The summed E-state index contributed by atoms with van der Waals surface area (Å²) in [6.07, 6.45) is 0. The molecular formula is C13H17I2NO. The fourth-order valence-corrected chi connectivity index (χ4v) is 3.72. The molecule has 1 atom stereocenters. The van der Waals surface area contributed by atoms with E-state index in [2.05, 4.69) is 58.7 Å². The maximum Gasteiger partial charge on any atom is 0.103 e. The van der Waals surface area contributed by atoms with Crippen LogP contribution in [0.25, 0.3) is 0 Å². The van der Waals surface area contributed by atoms with Crippen molar-refractivity contribution in [2.45, 2.75) is 20.4 Å². The van der Waals surface area contributed by atoms with Crippen LogP contribution in [-0.4, -0.2) is 13.1 Å². The molecule has 1 N–H and O–H groups in total. The van der Waals surface area contributed by atoms with E-state index in [9.17, 15) is 5.11 Å². The monoisotopic (exact) mass is 457 g/mol. The highest BCUT2D eigenvalue weighted by Crippen LogP contribution is 2.23. The van der Waals surface area contributed by atoms with Crippen LogP contribution in [0.1, 0.15) is 19.4 Å². The molecule has 2 nitrogen and oxygen atoms in total. The molecule has 0 aliphatic carbocycles. The third-order valence-corrected chi connectivity index (χ3v) is 4.00. The van der Waals surface area contributed by atoms with Crippen molar-refractivity contribution in [2.24, 2.45) is 0 Å². The Labute approximate surface area is 130 Å². The molecular weight excluding hydrogens is 440 g/mol. The molecule has 0 saturated carbocycles. The highest BCUT2D eigenvalue weighted by molar-refractivity contribution is 14.1. The maximum absolute atomic E-state index is 12.0. The van der Waals surface area contributed by atoms with Gasteiger partial charge in [-0.05, 0) is 76.7 Å². The van der Waals surface area contributed by atoms with Crippen LogP contribution in [0.4, 0.5) is 0 Å². The minimum atomic E-state index is 0.179. The number of hydrogen-bond donors (Lipinski definition) is 1. The lowest BCUT2D eigenvalue weighted by atomic mass is 10.2. The Morgan fingerprint density at radius 2 is 2.06 bits per heavy atom. The van der Waals surface area contributed by atoms with Crippen LogP contribution in [0.3, 0.4) is 0 Å². The zero-order chi connectivity index (χ0) is 13.0. The second-order valence-corrected chi connectivity index (χ2v) is 6.70. The van der Waals surface area contributed by atoms with Crippen LogP contribution in [0.5, 0.6) is 5.75 Å². The Bertz CT molecular complexity index is 418. The Kier molecular flexibility index (Phi) is 6.22. The lowest BCUT2D eigenvalue weighted by Crippen LogP contribution is -3.10. The van der Waals surface area contributed by atoms with Crippen molar-refractivity contribution < 1.29 is 10.0 Å². The number of rotatable bonds is 5. The van der Waals surface area contributed by atoms with E-state index in [0.717, 1.165) is 37.9 Å². The molecule has 0 aromatic heterocycles. The van der Waals surface area contributed by atoms with E-state index in [-0.39, 0.29) is 5.75 Å². The van der Waals surface area contributed by atoms with Crippen molar-refractivity contribution in [1.82, 2.24) is 0 Å². The molecule has 0 radical (unpaired) electrons. The summed E-state index contributed by atoms with van der Waals surface area (Å²) in [4.78, 5) is 1.38. The normalized spacial score (nSPS) is 12.5. The quantitative estimate of drug-likeness (QED) is 0.532. The predicted octanol–water partition coefficient (Wildman–Crippen LogP) is 1.95. The number of likely N-dealkylation sites (N-methyl/N-ethyl adjacent to an activating group) is 1. The molecule has 1 aromatic carbocycles. The summed E-state index contributed by atoms with van der Waals surface area (Å²) < 4.78 is 1.95. The molecule has 0 spiro atoms. The second kappa shape index (κ2) is 6.94. The number of hydrogen-bond acceptors (Lipinski definition) is 1. The molecule has 0 bridgehead atoms. The Morgan fingerprint density at radius 1 is 1.41 bits per heavy atom. The molecule has 17 heavy (non-hydrogen) atoms. The first-order chi connectivity index (χ1) is 7.93. The summed E-state index contributed by atoms with van der Waals surface area (Å²) in [5, 5.41) is 12.0. The molecule has 0 aliphatic heterocycles. The van der Waals surface area contributed by atoms with E-state index in [4.69, 9.17) is 0 Å². The van der Waals surface area contributed by atoms with E-state index in [1.54, 1.807) is 0 Å². The summed E-state index contributed by atoms with van der Waals surface area (Å²) in [5.41, 5.74) is 2.08. The Hall–Kier alpha value is 0.180. The Morgan fingerprint density at radius 3 is 2.59 bits per heavy atom. The fraction of sp³-hybridized carbons (Fsp3) is 0.385. The highest BCUT2D eigenvalue weighted by atomic mass is 127. The van der Waals surface area contributed by atoms with Crippen LogP contribution in [-0.2, 0) is 6.54 Å². The third kappa shape index (κ3) is 4.75. The number of benzene rings is 1. The standard InChI is InChI=1S/C13H17I2NO/c1-4-16(7-9(2)3)8-10-5-11(14)6-12(15)13(10)17/h5-6,17H,2,4,7-8H2,1,3H3. The minimum Gasteiger partial charge on any atom is -0.871 e. The lowest BCUT2D eigenvalue weighted by Gasteiger charge is -2.22. The van der Waals surface area contributed by atoms with Gasteiger partial charge in [-0.1, -0.05) is 12.3 Å². The van der Waals surface area contributed by atoms with Gasteiger partial charge in [-0.2, -0.15) is 0 Å². The molecule has 1 unspecified atom stereocenters. The number of quaternary nitrogens is 1. The zero-order valence-electron chi connectivity index (χ0n) is 10.1. The molecule has 4 heteroatoms. The first-order valence-electron chi connectivity index (χ1n) is 5.57. The predicted molar refractivity (Wildman–Crippen MR) is 86.2 cm³/mol. The first kappa shape index (κ1) is 15.2. The molecule has 0 amide bonds. The van der Waals surface area contributed by atoms with E-state index in [0.29, 0.717) is 0 Å². The average Bonchev–Trinajstić information content (AvgIpc) is 2.23. The smallest absolute Gasteiger partial charge is 0.103 e. The zero-order valence-corrected chi connectivity index (χ0v) is 14.5. The van der Waals surface area contributed by atoms with E-state index < -0.39 is 0 Å². The van der Waals surface area contributed by atoms with Gasteiger partial charge in [0.2, 0.25) is 0 Å². The van der Waals surface area contributed by atoms with E-state index in [1.165, 1.54) is 4.90 Å². The molecule has 0 heterocycles. The molecule has 0 fully saturated rings. The van der Waals surface area contributed by atoms with Gasteiger partial charge in [0.05, 0.1) is 13.1 Å².